The fraction of sp³-hybridized carbons (Fsp3) is 0.182. The summed E-state index contributed by atoms with van der Waals surface area (Å²) in [5.41, 5.74) is 6.16. The molecule has 0 spiro atoms. The van der Waals surface area contributed by atoms with Gasteiger partial charge in [-0.2, -0.15) is 0 Å². The van der Waals surface area contributed by atoms with Crippen LogP contribution in [-0.4, -0.2) is 23.6 Å². The van der Waals surface area contributed by atoms with E-state index >= 15 is 0 Å². The number of aromatic nitrogens is 1. The van der Waals surface area contributed by atoms with Crippen molar-refractivity contribution < 1.29 is 14.3 Å². The molecule has 0 bridgehead atoms. The number of hydrogen-bond acceptors (Lipinski definition) is 5. The molecule has 0 aliphatic rings. The van der Waals surface area contributed by atoms with Crippen LogP contribution >= 0.6 is 11.3 Å². The molecule has 3 N–H and O–H groups in total. The van der Waals surface area contributed by atoms with E-state index in [9.17, 15) is 9.59 Å². The van der Waals surface area contributed by atoms with Crippen LogP contribution in [0.3, 0.4) is 0 Å². The number of thiazole rings is 1. The van der Waals surface area contributed by atoms with Crippen LogP contribution in [0.1, 0.15) is 17.3 Å². The van der Waals surface area contributed by atoms with Gasteiger partial charge in [0.2, 0.25) is 0 Å². The van der Waals surface area contributed by atoms with Gasteiger partial charge in [0.1, 0.15) is 0 Å². The molecule has 0 unspecified atom stereocenters. The first-order valence-corrected chi connectivity index (χ1v) is 6.06. The Labute approximate surface area is 107 Å². The smallest absolute Gasteiger partial charge is 0.338 e. The Bertz CT molecular complexity index is 609. The van der Waals surface area contributed by atoms with Crippen LogP contribution in [0.4, 0.5) is 9.93 Å². The highest BCUT2D eigenvalue weighted by Crippen LogP contribution is 2.26. The summed E-state index contributed by atoms with van der Waals surface area (Å²) in [6, 6.07) is 4.34. The third kappa shape index (κ3) is 2.57. The molecule has 1 aromatic carbocycles. The lowest BCUT2D eigenvalue weighted by atomic mass is 10.2. The molecule has 0 saturated heterocycles. The zero-order valence-electron chi connectivity index (χ0n) is 9.60. The van der Waals surface area contributed by atoms with Crippen molar-refractivity contribution >= 4 is 38.7 Å². The Balaban J connectivity index is 2.33. The maximum absolute atomic E-state index is 11.5. The minimum atomic E-state index is -0.667. The van der Waals surface area contributed by atoms with Crippen molar-refractivity contribution in [2.45, 2.75) is 6.92 Å². The molecule has 94 valence electrons. The Kier molecular flexibility index (Phi) is 3.42. The Hall–Kier alpha value is -2.15. The van der Waals surface area contributed by atoms with Gasteiger partial charge in [-0.15, -0.1) is 0 Å². The van der Waals surface area contributed by atoms with E-state index in [4.69, 9.17) is 10.5 Å². The molecule has 1 heterocycles. The molecule has 0 fully saturated rings. The van der Waals surface area contributed by atoms with Gasteiger partial charge in [-0.05, 0) is 25.1 Å². The number of benzene rings is 1. The largest absolute Gasteiger partial charge is 0.462 e. The second-order valence-electron chi connectivity index (χ2n) is 3.41. The van der Waals surface area contributed by atoms with Crippen LogP contribution in [0, 0.1) is 0 Å². The zero-order chi connectivity index (χ0) is 13.1. The van der Waals surface area contributed by atoms with Crippen molar-refractivity contribution in [2.75, 3.05) is 11.9 Å². The van der Waals surface area contributed by atoms with Gasteiger partial charge in [0.25, 0.3) is 0 Å². The lowest BCUT2D eigenvalue weighted by Crippen LogP contribution is -2.18. The summed E-state index contributed by atoms with van der Waals surface area (Å²) in [5.74, 6) is -0.378. The van der Waals surface area contributed by atoms with Gasteiger partial charge >= 0.3 is 12.0 Å². The number of hydrogen-bond donors (Lipinski definition) is 2. The average molecular weight is 265 g/mol. The molecule has 0 aliphatic heterocycles. The van der Waals surface area contributed by atoms with E-state index in [1.165, 1.54) is 11.3 Å². The lowest BCUT2D eigenvalue weighted by molar-refractivity contribution is 0.0526. The van der Waals surface area contributed by atoms with Crippen molar-refractivity contribution in [3.05, 3.63) is 23.8 Å². The molecule has 1 aromatic heterocycles. The Morgan fingerprint density at radius 1 is 1.50 bits per heavy atom. The maximum atomic E-state index is 11.5. The highest BCUT2D eigenvalue weighted by atomic mass is 32.1. The van der Waals surface area contributed by atoms with Crippen LogP contribution in [0.5, 0.6) is 0 Å². The fourth-order valence-corrected chi connectivity index (χ4v) is 2.33. The number of nitrogens with zero attached hydrogens (tertiary/aromatic N) is 1. The summed E-state index contributed by atoms with van der Waals surface area (Å²) in [5, 5.41) is 2.80. The Morgan fingerprint density at radius 3 is 2.94 bits per heavy atom. The number of rotatable bonds is 3. The first-order valence-electron chi connectivity index (χ1n) is 5.24. The van der Waals surface area contributed by atoms with E-state index in [0.29, 0.717) is 22.8 Å². The van der Waals surface area contributed by atoms with Gasteiger partial charge < -0.3 is 10.5 Å². The van der Waals surface area contributed by atoms with Crippen molar-refractivity contribution in [1.29, 1.82) is 0 Å². The van der Waals surface area contributed by atoms with Gasteiger partial charge in [0.05, 0.1) is 22.4 Å². The zero-order valence-corrected chi connectivity index (χ0v) is 10.4. The first-order chi connectivity index (χ1) is 8.60. The number of anilines is 1. The van der Waals surface area contributed by atoms with Crippen LogP contribution in [0.2, 0.25) is 0 Å². The third-order valence-electron chi connectivity index (χ3n) is 2.13. The number of fused-ring (bicyclic) bond motifs is 1. The molecule has 18 heavy (non-hydrogen) atoms. The number of nitrogens with two attached hydrogens (primary N) is 1. The monoisotopic (exact) mass is 265 g/mol. The standard InChI is InChI=1S/C11H11N3O3S/c1-2-17-9(15)6-3-4-7-8(5-6)18-11(13-7)14-10(12)16/h3-5H,2H2,1H3,(H3,12,13,14,16). The van der Waals surface area contributed by atoms with Crippen LogP contribution in [0.25, 0.3) is 10.2 Å². The number of esters is 1. The molecular formula is C11H11N3O3S. The minimum absolute atomic E-state index is 0.327. The molecule has 2 aromatic rings. The topological polar surface area (TPSA) is 94.3 Å². The number of amides is 2. The van der Waals surface area contributed by atoms with E-state index in [-0.39, 0.29) is 5.97 Å². The minimum Gasteiger partial charge on any atom is -0.462 e. The molecule has 0 saturated carbocycles. The number of carbonyl (C=O) groups is 2. The summed E-state index contributed by atoms with van der Waals surface area (Å²) in [7, 11) is 0. The maximum Gasteiger partial charge on any atom is 0.338 e. The average Bonchev–Trinajstić information content (AvgIpc) is 2.69. The van der Waals surface area contributed by atoms with Gasteiger partial charge in [0, 0.05) is 0 Å². The molecule has 0 atom stereocenters. The molecule has 6 nitrogen and oxygen atoms in total. The second kappa shape index (κ2) is 5.01. The summed E-state index contributed by atoms with van der Waals surface area (Å²) in [6.45, 7) is 2.08. The summed E-state index contributed by atoms with van der Waals surface area (Å²) >= 11 is 1.24. The highest BCUT2D eigenvalue weighted by molar-refractivity contribution is 7.22. The number of ether oxygens (including phenoxy) is 1. The summed E-state index contributed by atoms with van der Waals surface area (Å²) in [4.78, 5) is 26.4. The fourth-order valence-electron chi connectivity index (χ4n) is 1.42. The predicted octanol–water partition coefficient (Wildman–Crippen LogP) is 1.96. The number of nitrogens with one attached hydrogen (secondary N) is 1. The molecule has 0 aliphatic carbocycles. The van der Waals surface area contributed by atoms with E-state index in [2.05, 4.69) is 10.3 Å². The van der Waals surface area contributed by atoms with E-state index in [0.717, 1.165) is 4.70 Å². The molecule has 2 amide bonds. The predicted molar refractivity (Wildman–Crippen MR) is 68.8 cm³/mol. The number of primary amides is 1. The summed E-state index contributed by atoms with van der Waals surface area (Å²) in [6.07, 6.45) is 0. The first kappa shape index (κ1) is 12.3. The van der Waals surface area contributed by atoms with E-state index in [1.54, 1.807) is 25.1 Å². The van der Waals surface area contributed by atoms with Crippen molar-refractivity contribution in [1.82, 2.24) is 4.98 Å². The van der Waals surface area contributed by atoms with E-state index < -0.39 is 6.03 Å². The van der Waals surface area contributed by atoms with Crippen molar-refractivity contribution in [3.8, 4) is 0 Å². The molecule has 7 heteroatoms. The molecule has 0 radical (unpaired) electrons. The van der Waals surface area contributed by atoms with Crippen molar-refractivity contribution in [3.63, 3.8) is 0 Å². The second-order valence-corrected chi connectivity index (χ2v) is 4.44. The normalized spacial score (nSPS) is 10.3. The van der Waals surface area contributed by atoms with Gasteiger partial charge in [-0.3, -0.25) is 5.32 Å². The van der Waals surface area contributed by atoms with Crippen molar-refractivity contribution in [2.24, 2.45) is 5.73 Å². The molecular weight excluding hydrogens is 254 g/mol. The van der Waals surface area contributed by atoms with Gasteiger partial charge in [0.15, 0.2) is 5.13 Å². The Morgan fingerprint density at radius 2 is 2.28 bits per heavy atom. The quantitative estimate of drug-likeness (QED) is 0.829. The van der Waals surface area contributed by atoms with Crippen LogP contribution in [0.15, 0.2) is 18.2 Å². The van der Waals surface area contributed by atoms with Gasteiger partial charge in [-0.25, -0.2) is 14.6 Å². The third-order valence-corrected chi connectivity index (χ3v) is 3.06. The van der Waals surface area contributed by atoms with Crippen LogP contribution in [-0.2, 0) is 4.74 Å². The van der Waals surface area contributed by atoms with Crippen LogP contribution < -0.4 is 11.1 Å². The SMILES string of the molecule is CCOC(=O)c1ccc2nc(NC(N)=O)sc2c1. The number of carbonyl (C=O) groups excluding carboxylic acids is 2. The lowest BCUT2D eigenvalue weighted by Gasteiger charge is -2.00. The highest BCUT2D eigenvalue weighted by Gasteiger charge is 2.10. The number of urea groups is 1. The summed E-state index contributed by atoms with van der Waals surface area (Å²) < 4.78 is 5.69. The molecule has 2 rings (SSSR count). The van der Waals surface area contributed by atoms with Gasteiger partial charge in [-0.1, -0.05) is 11.3 Å². The van der Waals surface area contributed by atoms with E-state index in [1.807, 2.05) is 0 Å².